The second kappa shape index (κ2) is 7.95. The minimum atomic E-state index is -1.09. The van der Waals surface area contributed by atoms with Crippen LogP contribution in [0.4, 0.5) is 8.78 Å². The molecule has 0 bridgehead atoms. The van der Waals surface area contributed by atoms with Gasteiger partial charge < -0.3 is 14.7 Å². The summed E-state index contributed by atoms with van der Waals surface area (Å²) in [5, 5.41) is 8.71. The van der Waals surface area contributed by atoms with Crippen molar-refractivity contribution >= 4 is 11.9 Å². The minimum absolute atomic E-state index is 0.0136. The lowest BCUT2D eigenvalue weighted by atomic mass is 10.0. The predicted molar refractivity (Wildman–Crippen MR) is 91.2 cm³/mol. The molecule has 138 valence electrons. The SMILES string of the molecule is Cc1cc(C(=O)N(C)Cc2ccc(F)cc2F)cc(C)c1OCC(=O)O. The number of rotatable bonds is 6. The number of carboxylic acid groups (broad SMARTS) is 1. The quantitative estimate of drug-likeness (QED) is 0.855. The summed E-state index contributed by atoms with van der Waals surface area (Å²) in [5.74, 6) is -2.41. The number of ether oxygens (including phenoxy) is 1. The van der Waals surface area contributed by atoms with Crippen LogP contribution in [0.1, 0.15) is 27.0 Å². The summed E-state index contributed by atoms with van der Waals surface area (Å²) >= 11 is 0. The number of carbonyl (C=O) groups excluding carboxylic acids is 1. The summed E-state index contributed by atoms with van der Waals surface area (Å²) in [7, 11) is 1.52. The van der Waals surface area contributed by atoms with Crippen LogP contribution < -0.4 is 4.74 Å². The fraction of sp³-hybridized carbons (Fsp3) is 0.263. The third-order valence-corrected chi connectivity index (χ3v) is 3.82. The lowest BCUT2D eigenvalue weighted by Crippen LogP contribution is -2.27. The fourth-order valence-corrected chi connectivity index (χ4v) is 2.63. The van der Waals surface area contributed by atoms with Gasteiger partial charge in [0.25, 0.3) is 5.91 Å². The van der Waals surface area contributed by atoms with Crippen molar-refractivity contribution in [2.24, 2.45) is 0 Å². The van der Waals surface area contributed by atoms with Crippen LogP contribution in [0.3, 0.4) is 0 Å². The molecule has 5 nitrogen and oxygen atoms in total. The molecule has 1 amide bonds. The molecular weight excluding hydrogens is 344 g/mol. The molecule has 0 fully saturated rings. The van der Waals surface area contributed by atoms with Gasteiger partial charge in [0.2, 0.25) is 0 Å². The van der Waals surface area contributed by atoms with Crippen LogP contribution in [-0.4, -0.2) is 35.5 Å². The average molecular weight is 363 g/mol. The first kappa shape index (κ1) is 19.4. The average Bonchev–Trinajstić information content (AvgIpc) is 2.55. The van der Waals surface area contributed by atoms with E-state index in [0.717, 1.165) is 12.1 Å². The van der Waals surface area contributed by atoms with Crippen LogP contribution in [0.15, 0.2) is 30.3 Å². The van der Waals surface area contributed by atoms with Gasteiger partial charge in [0.05, 0.1) is 0 Å². The largest absolute Gasteiger partial charge is 0.481 e. The Bertz CT molecular complexity index is 828. The molecule has 2 aromatic carbocycles. The molecule has 1 N–H and O–H groups in total. The van der Waals surface area contributed by atoms with Gasteiger partial charge in [0.1, 0.15) is 17.4 Å². The number of hydrogen-bond acceptors (Lipinski definition) is 3. The van der Waals surface area contributed by atoms with Crippen LogP contribution in [0.5, 0.6) is 5.75 Å². The Hall–Kier alpha value is -2.96. The van der Waals surface area contributed by atoms with Gasteiger partial charge in [0.15, 0.2) is 6.61 Å². The van der Waals surface area contributed by atoms with Gasteiger partial charge in [-0.15, -0.1) is 0 Å². The Morgan fingerprint density at radius 3 is 2.27 bits per heavy atom. The molecule has 0 unspecified atom stereocenters. The molecule has 0 saturated carbocycles. The standard InChI is InChI=1S/C19H19F2NO4/c1-11-6-14(7-12(2)18(11)26-10-17(23)24)19(25)22(3)9-13-4-5-15(20)8-16(13)21/h4-8H,9-10H2,1-3H3,(H,23,24). The molecule has 0 spiro atoms. The van der Waals surface area contributed by atoms with E-state index in [4.69, 9.17) is 9.84 Å². The van der Waals surface area contributed by atoms with E-state index in [0.29, 0.717) is 22.4 Å². The van der Waals surface area contributed by atoms with Crippen LogP contribution in [0.25, 0.3) is 0 Å². The Balaban J connectivity index is 2.19. The monoisotopic (exact) mass is 363 g/mol. The van der Waals surface area contributed by atoms with Gasteiger partial charge in [-0.05, 0) is 43.2 Å². The van der Waals surface area contributed by atoms with Gasteiger partial charge in [-0.1, -0.05) is 6.07 Å². The Morgan fingerprint density at radius 2 is 1.73 bits per heavy atom. The Labute approximate surface area is 149 Å². The Kier molecular flexibility index (Phi) is 5.92. The first-order valence-electron chi connectivity index (χ1n) is 7.84. The van der Waals surface area contributed by atoms with E-state index in [1.165, 1.54) is 18.0 Å². The molecule has 0 aromatic heterocycles. The van der Waals surface area contributed by atoms with E-state index < -0.39 is 24.2 Å². The molecule has 0 aliphatic carbocycles. The molecule has 0 radical (unpaired) electrons. The number of aryl methyl sites for hydroxylation is 2. The normalized spacial score (nSPS) is 10.5. The smallest absolute Gasteiger partial charge is 0.341 e. The van der Waals surface area contributed by atoms with Crippen molar-refractivity contribution in [2.45, 2.75) is 20.4 Å². The van der Waals surface area contributed by atoms with E-state index in [2.05, 4.69) is 0 Å². The fourth-order valence-electron chi connectivity index (χ4n) is 2.63. The zero-order valence-electron chi connectivity index (χ0n) is 14.7. The topological polar surface area (TPSA) is 66.8 Å². The minimum Gasteiger partial charge on any atom is -0.481 e. The number of benzene rings is 2. The number of carboxylic acids is 1. The van der Waals surface area contributed by atoms with Crippen molar-refractivity contribution in [3.63, 3.8) is 0 Å². The summed E-state index contributed by atoms with van der Waals surface area (Å²) in [6.45, 7) is 2.93. The summed E-state index contributed by atoms with van der Waals surface area (Å²) < 4.78 is 32.0. The van der Waals surface area contributed by atoms with Gasteiger partial charge in [-0.25, -0.2) is 13.6 Å². The number of hydrogen-bond donors (Lipinski definition) is 1. The number of halogens is 2. The maximum atomic E-state index is 13.8. The van der Waals surface area contributed by atoms with Gasteiger partial charge in [-0.2, -0.15) is 0 Å². The highest BCUT2D eigenvalue weighted by Crippen LogP contribution is 2.25. The maximum Gasteiger partial charge on any atom is 0.341 e. The molecule has 2 aromatic rings. The molecule has 26 heavy (non-hydrogen) atoms. The van der Waals surface area contributed by atoms with Crippen molar-refractivity contribution in [3.05, 3.63) is 64.2 Å². The highest BCUT2D eigenvalue weighted by atomic mass is 19.1. The van der Waals surface area contributed by atoms with E-state index >= 15 is 0 Å². The number of nitrogens with zero attached hydrogens (tertiary/aromatic N) is 1. The second-order valence-electron chi connectivity index (χ2n) is 6.02. The molecular formula is C19H19F2NO4. The van der Waals surface area contributed by atoms with Crippen molar-refractivity contribution in [2.75, 3.05) is 13.7 Å². The number of amides is 1. The third kappa shape index (κ3) is 4.56. The highest BCUT2D eigenvalue weighted by Gasteiger charge is 2.17. The molecule has 0 aliphatic rings. The molecule has 7 heteroatoms. The van der Waals surface area contributed by atoms with Gasteiger partial charge in [-0.3, -0.25) is 4.79 Å². The van der Waals surface area contributed by atoms with Crippen molar-refractivity contribution in [1.29, 1.82) is 0 Å². The lowest BCUT2D eigenvalue weighted by Gasteiger charge is -2.19. The summed E-state index contributed by atoms with van der Waals surface area (Å²) in [5.41, 5.74) is 1.82. The summed E-state index contributed by atoms with van der Waals surface area (Å²) in [6.07, 6.45) is 0. The lowest BCUT2D eigenvalue weighted by molar-refractivity contribution is -0.139. The van der Waals surface area contributed by atoms with Crippen molar-refractivity contribution in [1.82, 2.24) is 4.90 Å². The van der Waals surface area contributed by atoms with Crippen LogP contribution in [0, 0.1) is 25.5 Å². The third-order valence-electron chi connectivity index (χ3n) is 3.82. The zero-order valence-corrected chi connectivity index (χ0v) is 14.7. The van der Waals surface area contributed by atoms with E-state index in [1.807, 2.05) is 0 Å². The van der Waals surface area contributed by atoms with Crippen molar-refractivity contribution < 1.29 is 28.2 Å². The van der Waals surface area contributed by atoms with Crippen LogP contribution in [0.2, 0.25) is 0 Å². The molecule has 0 aliphatic heterocycles. The van der Waals surface area contributed by atoms with Crippen molar-refractivity contribution in [3.8, 4) is 5.75 Å². The predicted octanol–water partition coefficient (Wildman–Crippen LogP) is 3.32. The zero-order chi connectivity index (χ0) is 19.4. The first-order chi connectivity index (χ1) is 12.2. The van der Waals surface area contributed by atoms with Gasteiger partial charge >= 0.3 is 5.97 Å². The Morgan fingerprint density at radius 1 is 1.12 bits per heavy atom. The number of carbonyl (C=O) groups is 2. The van der Waals surface area contributed by atoms with E-state index in [-0.39, 0.29) is 18.0 Å². The first-order valence-corrected chi connectivity index (χ1v) is 7.84. The molecule has 2 rings (SSSR count). The van der Waals surface area contributed by atoms with Crippen LogP contribution in [-0.2, 0) is 11.3 Å². The second-order valence-corrected chi connectivity index (χ2v) is 6.02. The number of aliphatic carboxylic acids is 1. The molecule has 0 atom stereocenters. The molecule has 0 heterocycles. The van der Waals surface area contributed by atoms with E-state index in [9.17, 15) is 18.4 Å². The molecule has 0 saturated heterocycles. The summed E-state index contributed by atoms with van der Waals surface area (Å²) in [4.78, 5) is 24.6. The van der Waals surface area contributed by atoms with Crippen LogP contribution >= 0.6 is 0 Å². The highest BCUT2D eigenvalue weighted by molar-refractivity contribution is 5.94. The summed E-state index contributed by atoms with van der Waals surface area (Å²) in [6, 6.07) is 6.39. The van der Waals surface area contributed by atoms with E-state index in [1.54, 1.807) is 26.0 Å². The maximum absolute atomic E-state index is 13.8. The van der Waals surface area contributed by atoms with Gasteiger partial charge in [0, 0.05) is 30.8 Å².